The number of nitrogens with one attached hydrogen (secondary N) is 1. The first-order valence-corrected chi connectivity index (χ1v) is 10.4. The maximum Gasteiger partial charge on any atom is 0.266 e. The maximum atomic E-state index is 11.9. The summed E-state index contributed by atoms with van der Waals surface area (Å²) in [6, 6.07) is 19.2. The van der Waals surface area contributed by atoms with Crippen LogP contribution in [-0.4, -0.2) is 36.2 Å². The lowest BCUT2D eigenvalue weighted by atomic mass is 10.1. The molecule has 3 rings (SSSR count). The Morgan fingerprint density at radius 3 is 2.21 bits per heavy atom. The van der Waals surface area contributed by atoms with E-state index in [9.17, 15) is 13.2 Å². The van der Waals surface area contributed by atoms with Crippen molar-refractivity contribution < 1.29 is 22.2 Å². The summed E-state index contributed by atoms with van der Waals surface area (Å²) in [6.07, 6.45) is 0.360. The highest BCUT2D eigenvalue weighted by atomic mass is 32.2. The first-order valence-electron chi connectivity index (χ1n) is 8.75. The van der Waals surface area contributed by atoms with E-state index in [1.807, 2.05) is 60.7 Å². The highest BCUT2D eigenvalue weighted by Crippen LogP contribution is 2.32. The van der Waals surface area contributed by atoms with Crippen LogP contribution in [0, 0.1) is 0 Å². The normalized spacial score (nSPS) is 11.3. The van der Waals surface area contributed by atoms with E-state index in [4.69, 9.17) is 8.97 Å². The molecule has 0 bridgehead atoms. The molecule has 28 heavy (non-hydrogen) atoms. The van der Waals surface area contributed by atoms with Crippen LogP contribution < -0.4 is 5.32 Å². The lowest BCUT2D eigenvalue weighted by Crippen LogP contribution is -2.29. The zero-order valence-corrected chi connectivity index (χ0v) is 15.9. The van der Waals surface area contributed by atoms with Gasteiger partial charge in [0.25, 0.3) is 10.1 Å². The van der Waals surface area contributed by atoms with Crippen LogP contribution in [0.1, 0.15) is 12.3 Å². The summed E-state index contributed by atoms with van der Waals surface area (Å²) in [6.45, 7) is -0.145. The van der Waals surface area contributed by atoms with Crippen LogP contribution in [0.2, 0.25) is 0 Å². The third-order valence-corrected chi connectivity index (χ3v) is 4.72. The highest BCUT2D eigenvalue weighted by molar-refractivity contribution is 7.85. The highest BCUT2D eigenvalue weighted by Gasteiger charge is 2.17. The number of nitrogens with zero attached hydrogens (tertiary/aromatic N) is 1. The Labute approximate surface area is 163 Å². The van der Waals surface area contributed by atoms with E-state index in [1.165, 1.54) is 0 Å². The molecule has 0 atom stereocenters. The van der Waals surface area contributed by atoms with Gasteiger partial charge in [0.15, 0.2) is 11.7 Å². The van der Waals surface area contributed by atoms with Gasteiger partial charge in [0.1, 0.15) is 5.69 Å². The third kappa shape index (κ3) is 5.51. The summed E-state index contributed by atoms with van der Waals surface area (Å²) in [5.74, 6) is 0.189. The fourth-order valence-corrected chi connectivity index (χ4v) is 3.04. The lowest BCUT2D eigenvalue weighted by molar-refractivity contribution is -0.121. The van der Waals surface area contributed by atoms with E-state index in [2.05, 4.69) is 10.3 Å². The number of aromatic nitrogens is 1. The van der Waals surface area contributed by atoms with Crippen molar-refractivity contribution in [2.75, 3.05) is 12.3 Å². The van der Waals surface area contributed by atoms with Gasteiger partial charge in [-0.25, -0.2) is 4.98 Å². The molecule has 0 aliphatic heterocycles. The van der Waals surface area contributed by atoms with E-state index in [-0.39, 0.29) is 25.3 Å². The Hall–Kier alpha value is -2.97. The van der Waals surface area contributed by atoms with E-state index in [0.29, 0.717) is 17.3 Å². The summed E-state index contributed by atoms with van der Waals surface area (Å²) in [7, 11) is -4.10. The molecule has 0 spiro atoms. The standard InChI is InChI=1S/C20H20N2O5S/c23-17(21-13-14-28(24,25)26)11-12-18-22-19(15-7-3-1-4-8-15)20(27-18)16-9-5-2-6-10-16/h1-10H,11-14H2,(H,21,23)(H,24,25,26). The molecule has 2 N–H and O–H groups in total. The average Bonchev–Trinajstić information content (AvgIpc) is 3.11. The molecule has 0 aliphatic carbocycles. The van der Waals surface area contributed by atoms with Crippen molar-refractivity contribution in [1.29, 1.82) is 0 Å². The minimum absolute atomic E-state index is 0.0917. The average molecular weight is 400 g/mol. The van der Waals surface area contributed by atoms with Crippen molar-refractivity contribution in [3.8, 4) is 22.6 Å². The molecular weight excluding hydrogens is 380 g/mol. The number of oxazole rings is 1. The smallest absolute Gasteiger partial charge is 0.266 e. The third-order valence-electron chi connectivity index (χ3n) is 4.00. The Morgan fingerprint density at radius 1 is 1.00 bits per heavy atom. The molecule has 1 amide bonds. The van der Waals surface area contributed by atoms with Crippen LogP contribution in [0.4, 0.5) is 0 Å². The van der Waals surface area contributed by atoms with Gasteiger partial charge in [-0.05, 0) is 0 Å². The quantitative estimate of drug-likeness (QED) is 0.563. The first kappa shape index (κ1) is 19.8. The fourth-order valence-electron chi connectivity index (χ4n) is 2.68. The number of amides is 1. The largest absolute Gasteiger partial charge is 0.440 e. The van der Waals surface area contributed by atoms with Gasteiger partial charge in [-0.3, -0.25) is 9.35 Å². The Bertz CT molecular complexity index is 974. The minimum Gasteiger partial charge on any atom is -0.440 e. The number of hydrogen-bond acceptors (Lipinski definition) is 5. The second-order valence-electron chi connectivity index (χ2n) is 6.15. The summed E-state index contributed by atoms with van der Waals surface area (Å²) in [5.41, 5.74) is 2.50. The number of aryl methyl sites for hydroxylation is 1. The monoisotopic (exact) mass is 400 g/mol. The van der Waals surface area contributed by atoms with Crippen LogP contribution in [0.15, 0.2) is 65.1 Å². The van der Waals surface area contributed by atoms with Gasteiger partial charge < -0.3 is 9.73 Å². The molecule has 2 aromatic carbocycles. The molecule has 1 heterocycles. The predicted octanol–water partition coefficient (Wildman–Crippen LogP) is 2.95. The molecule has 3 aromatic rings. The van der Waals surface area contributed by atoms with Gasteiger partial charge in [0.2, 0.25) is 5.91 Å². The number of benzene rings is 2. The molecule has 146 valence electrons. The SMILES string of the molecule is O=C(CCc1nc(-c2ccccc2)c(-c2ccccc2)o1)NCCS(=O)(=O)O. The van der Waals surface area contributed by atoms with Crippen molar-refractivity contribution in [3.05, 3.63) is 66.6 Å². The van der Waals surface area contributed by atoms with Gasteiger partial charge in [0.05, 0.1) is 5.75 Å². The molecule has 0 saturated heterocycles. The van der Waals surface area contributed by atoms with Crippen LogP contribution in [0.25, 0.3) is 22.6 Å². The van der Waals surface area contributed by atoms with Crippen molar-refractivity contribution >= 4 is 16.0 Å². The van der Waals surface area contributed by atoms with Crippen molar-refractivity contribution in [2.24, 2.45) is 0 Å². The predicted molar refractivity (Wildman–Crippen MR) is 105 cm³/mol. The van der Waals surface area contributed by atoms with E-state index < -0.39 is 15.9 Å². The van der Waals surface area contributed by atoms with Gasteiger partial charge in [-0.1, -0.05) is 60.7 Å². The Kier molecular flexibility index (Phi) is 6.23. The molecule has 0 saturated carbocycles. The van der Waals surface area contributed by atoms with Gasteiger partial charge in [-0.2, -0.15) is 8.42 Å². The number of hydrogen-bond donors (Lipinski definition) is 2. The molecule has 7 nitrogen and oxygen atoms in total. The second kappa shape index (κ2) is 8.81. The van der Waals surface area contributed by atoms with Crippen LogP contribution in [-0.2, 0) is 21.3 Å². The van der Waals surface area contributed by atoms with Crippen LogP contribution in [0.5, 0.6) is 0 Å². The molecular formula is C20H20N2O5S. The van der Waals surface area contributed by atoms with Crippen molar-refractivity contribution in [1.82, 2.24) is 10.3 Å². The summed E-state index contributed by atoms with van der Waals surface area (Å²) in [4.78, 5) is 16.4. The van der Waals surface area contributed by atoms with Crippen molar-refractivity contribution in [3.63, 3.8) is 0 Å². The summed E-state index contributed by atoms with van der Waals surface area (Å²) < 4.78 is 36.0. The van der Waals surface area contributed by atoms with Gasteiger partial charge in [0, 0.05) is 30.5 Å². The van der Waals surface area contributed by atoms with Crippen LogP contribution in [0.3, 0.4) is 0 Å². The first-order chi connectivity index (χ1) is 13.4. The molecule has 0 radical (unpaired) electrons. The zero-order valence-electron chi connectivity index (χ0n) is 15.0. The van der Waals surface area contributed by atoms with Gasteiger partial charge in [-0.15, -0.1) is 0 Å². The number of carbonyl (C=O) groups is 1. The summed E-state index contributed by atoms with van der Waals surface area (Å²) >= 11 is 0. The molecule has 0 aliphatic rings. The lowest BCUT2D eigenvalue weighted by Gasteiger charge is -2.02. The molecule has 0 fully saturated rings. The van der Waals surface area contributed by atoms with Crippen molar-refractivity contribution in [2.45, 2.75) is 12.8 Å². The minimum atomic E-state index is -4.10. The topological polar surface area (TPSA) is 110 Å². The Balaban J connectivity index is 1.74. The summed E-state index contributed by atoms with van der Waals surface area (Å²) in [5, 5.41) is 2.45. The Morgan fingerprint density at radius 2 is 1.61 bits per heavy atom. The van der Waals surface area contributed by atoms with E-state index in [0.717, 1.165) is 11.1 Å². The second-order valence-corrected chi connectivity index (χ2v) is 7.73. The molecule has 1 aromatic heterocycles. The fraction of sp³-hybridized carbons (Fsp3) is 0.200. The van der Waals surface area contributed by atoms with E-state index >= 15 is 0 Å². The van der Waals surface area contributed by atoms with Gasteiger partial charge >= 0.3 is 0 Å². The van der Waals surface area contributed by atoms with Crippen LogP contribution >= 0.6 is 0 Å². The maximum absolute atomic E-state index is 11.9. The number of carbonyl (C=O) groups excluding carboxylic acids is 1. The number of rotatable bonds is 8. The zero-order chi connectivity index (χ0) is 20.0. The molecule has 8 heteroatoms. The molecule has 0 unspecified atom stereocenters. The van der Waals surface area contributed by atoms with E-state index in [1.54, 1.807) is 0 Å².